The molecule has 0 saturated carbocycles. The van der Waals surface area contributed by atoms with Gasteiger partial charge in [0.15, 0.2) is 17.5 Å². The average Bonchev–Trinajstić information content (AvgIpc) is 2.34. The summed E-state index contributed by atoms with van der Waals surface area (Å²) in [5.74, 6) is -7.25. The van der Waals surface area contributed by atoms with Crippen molar-refractivity contribution in [3.63, 3.8) is 0 Å². The molecule has 2 aromatic rings. The van der Waals surface area contributed by atoms with Gasteiger partial charge in [-0.25, -0.2) is 22.4 Å². The van der Waals surface area contributed by atoms with Gasteiger partial charge in [0.2, 0.25) is 0 Å². The van der Waals surface area contributed by atoms with Crippen LogP contribution in [0.25, 0.3) is 11.1 Å². The molecule has 19 heavy (non-hydrogen) atoms. The minimum absolute atomic E-state index is 0.231. The topological polar surface area (TPSA) is 37.3 Å². The maximum Gasteiger partial charge on any atom is 0.339 e. The van der Waals surface area contributed by atoms with E-state index in [0.717, 1.165) is 6.07 Å². The summed E-state index contributed by atoms with van der Waals surface area (Å²) in [6.07, 6.45) is 0. The number of halogens is 4. The van der Waals surface area contributed by atoms with Crippen molar-refractivity contribution in [3.8, 4) is 11.1 Å². The lowest BCUT2D eigenvalue weighted by Crippen LogP contribution is -2.04. The molecule has 2 rings (SSSR count). The van der Waals surface area contributed by atoms with Crippen LogP contribution in [-0.4, -0.2) is 11.1 Å². The second kappa shape index (κ2) is 4.72. The molecule has 0 saturated heterocycles. The fourth-order valence-electron chi connectivity index (χ4n) is 1.69. The van der Waals surface area contributed by atoms with Gasteiger partial charge in [0.1, 0.15) is 11.4 Å². The SMILES string of the molecule is O=C(O)c1c(F)cccc1-c1cc(F)c(F)c(F)c1. The van der Waals surface area contributed by atoms with Crippen LogP contribution in [0.1, 0.15) is 10.4 Å². The first-order valence-corrected chi connectivity index (χ1v) is 5.08. The Morgan fingerprint density at radius 3 is 2.05 bits per heavy atom. The summed E-state index contributed by atoms with van der Waals surface area (Å²) in [6, 6.07) is 4.50. The standard InChI is InChI=1S/C13H6F4O2/c14-8-3-1-2-7(11(8)13(18)19)6-4-9(15)12(17)10(16)5-6/h1-5H,(H,18,19). The normalized spacial score (nSPS) is 10.5. The van der Waals surface area contributed by atoms with Gasteiger partial charge in [-0.3, -0.25) is 0 Å². The lowest BCUT2D eigenvalue weighted by atomic mass is 9.99. The van der Waals surface area contributed by atoms with Crippen LogP contribution in [0.2, 0.25) is 0 Å². The quantitative estimate of drug-likeness (QED) is 0.668. The lowest BCUT2D eigenvalue weighted by molar-refractivity contribution is 0.0693. The predicted molar refractivity (Wildman–Crippen MR) is 58.7 cm³/mol. The summed E-state index contributed by atoms with van der Waals surface area (Å²) in [4.78, 5) is 11.0. The molecule has 0 spiro atoms. The number of benzene rings is 2. The third kappa shape index (κ3) is 2.29. The lowest BCUT2D eigenvalue weighted by Gasteiger charge is -2.08. The first-order chi connectivity index (χ1) is 8.91. The third-order valence-electron chi connectivity index (χ3n) is 2.52. The molecular weight excluding hydrogens is 264 g/mol. The van der Waals surface area contributed by atoms with E-state index in [9.17, 15) is 22.4 Å². The van der Waals surface area contributed by atoms with Gasteiger partial charge in [0.05, 0.1) is 0 Å². The number of hydrogen-bond donors (Lipinski definition) is 1. The van der Waals surface area contributed by atoms with Crippen LogP contribution >= 0.6 is 0 Å². The van der Waals surface area contributed by atoms with Crippen molar-refractivity contribution >= 4 is 5.97 Å². The van der Waals surface area contributed by atoms with Crippen molar-refractivity contribution in [1.82, 2.24) is 0 Å². The van der Waals surface area contributed by atoms with Crippen LogP contribution in [0, 0.1) is 23.3 Å². The van der Waals surface area contributed by atoms with Crippen molar-refractivity contribution in [2.75, 3.05) is 0 Å². The Balaban J connectivity index is 2.73. The smallest absolute Gasteiger partial charge is 0.339 e. The van der Waals surface area contributed by atoms with Gasteiger partial charge in [0, 0.05) is 0 Å². The number of carboxylic acid groups (broad SMARTS) is 1. The molecule has 0 aliphatic rings. The number of rotatable bonds is 2. The molecule has 1 N–H and O–H groups in total. The summed E-state index contributed by atoms with van der Waals surface area (Å²) in [5.41, 5.74) is -1.22. The summed E-state index contributed by atoms with van der Waals surface area (Å²) in [7, 11) is 0. The molecule has 0 atom stereocenters. The number of carboxylic acids is 1. The fraction of sp³-hybridized carbons (Fsp3) is 0. The van der Waals surface area contributed by atoms with E-state index < -0.39 is 34.8 Å². The van der Waals surface area contributed by atoms with Crippen LogP contribution in [0.5, 0.6) is 0 Å². The Labute approximate surface area is 104 Å². The highest BCUT2D eigenvalue weighted by Gasteiger charge is 2.19. The van der Waals surface area contributed by atoms with E-state index in [1.165, 1.54) is 12.1 Å². The first-order valence-electron chi connectivity index (χ1n) is 5.08. The molecule has 0 aliphatic carbocycles. The van der Waals surface area contributed by atoms with Gasteiger partial charge in [-0.05, 0) is 29.3 Å². The number of aromatic carboxylic acids is 1. The number of carbonyl (C=O) groups is 1. The maximum absolute atomic E-state index is 13.4. The minimum atomic E-state index is -1.67. The zero-order valence-corrected chi connectivity index (χ0v) is 9.25. The van der Waals surface area contributed by atoms with Crippen LogP contribution in [0.3, 0.4) is 0 Å². The monoisotopic (exact) mass is 270 g/mol. The Morgan fingerprint density at radius 1 is 0.947 bits per heavy atom. The highest BCUT2D eigenvalue weighted by molar-refractivity contribution is 5.96. The summed E-state index contributed by atoms with van der Waals surface area (Å²) in [5, 5.41) is 8.90. The maximum atomic E-state index is 13.4. The summed E-state index contributed by atoms with van der Waals surface area (Å²) < 4.78 is 52.5. The molecule has 0 heterocycles. The van der Waals surface area contributed by atoms with Gasteiger partial charge in [0.25, 0.3) is 0 Å². The summed E-state index contributed by atoms with van der Waals surface area (Å²) >= 11 is 0. The van der Waals surface area contributed by atoms with Crippen molar-refractivity contribution < 1.29 is 27.5 Å². The molecule has 2 nitrogen and oxygen atoms in total. The third-order valence-corrected chi connectivity index (χ3v) is 2.52. The van der Waals surface area contributed by atoms with Gasteiger partial charge in [-0.1, -0.05) is 12.1 Å². The van der Waals surface area contributed by atoms with E-state index in [4.69, 9.17) is 5.11 Å². The van der Waals surface area contributed by atoms with Crippen molar-refractivity contribution in [3.05, 3.63) is 59.2 Å². The zero-order valence-electron chi connectivity index (χ0n) is 9.25. The second-order valence-electron chi connectivity index (χ2n) is 3.72. The number of hydrogen-bond acceptors (Lipinski definition) is 1. The summed E-state index contributed by atoms with van der Waals surface area (Å²) in [6.45, 7) is 0. The predicted octanol–water partition coefficient (Wildman–Crippen LogP) is 3.61. The molecule has 6 heteroatoms. The van der Waals surface area contributed by atoms with Gasteiger partial charge in [-0.2, -0.15) is 0 Å². The Bertz CT molecular complexity index is 645. The molecule has 0 aromatic heterocycles. The highest BCUT2D eigenvalue weighted by atomic mass is 19.2. The van der Waals surface area contributed by atoms with Crippen molar-refractivity contribution in [2.45, 2.75) is 0 Å². The average molecular weight is 270 g/mol. The van der Waals surface area contributed by atoms with Gasteiger partial charge in [-0.15, -0.1) is 0 Å². The van der Waals surface area contributed by atoms with E-state index >= 15 is 0 Å². The molecule has 0 unspecified atom stereocenters. The van der Waals surface area contributed by atoms with Crippen LogP contribution in [0.15, 0.2) is 30.3 Å². The van der Waals surface area contributed by atoms with Crippen molar-refractivity contribution in [2.24, 2.45) is 0 Å². The second-order valence-corrected chi connectivity index (χ2v) is 3.72. The van der Waals surface area contributed by atoms with E-state index in [2.05, 4.69) is 0 Å². The molecule has 0 amide bonds. The Morgan fingerprint density at radius 2 is 1.53 bits per heavy atom. The van der Waals surface area contributed by atoms with E-state index in [0.29, 0.717) is 12.1 Å². The van der Waals surface area contributed by atoms with E-state index in [1.54, 1.807) is 0 Å². The van der Waals surface area contributed by atoms with Gasteiger partial charge >= 0.3 is 5.97 Å². The van der Waals surface area contributed by atoms with Gasteiger partial charge < -0.3 is 5.11 Å². The molecule has 0 fully saturated rings. The van der Waals surface area contributed by atoms with Crippen LogP contribution in [0.4, 0.5) is 17.6 Å². The largest absolute Gasteiger partial charge is 0.478 e. The van der Waals surface area contributed by atoms with Crippen LogP contribution in [-0.2, 0) is 0 Å². The Kier molecular flexibility index (Phi) is 3.25. The fourth-order valence-corrected chi connectivity index (χ4v) is 1.69. The molecule has 0 aliphatic heterocycles. The minimum Gasteiger partial charge on any atom is -0.478 e. The molecular formula is C13H6F4O2. The zero-order chi connectivity index (χ0) is 14.2. The first kappa shape index (κ1) is 13.1. The van der Waals surface area contributed by atoms with Crippen LogP contribution < -0.4 is 0 Å². The molecule has 0 radical (unpaired) electrons. The Hall–Kier alpha value is -2.37. The molecule has 0 bridgehead atoms. The van der Waals surface area contributed by atoms with Crippen molar-refractivity contribution in [1.29, 1.82) is 0 Å². The highest BCUT2D eigenvalue weighted by Crippen LogP contribution is 2.28. The van der Waals surface area contributed by atoms with E-state index in [1.807, 2.05) is 0 Å². The molecule has 2 aromatic carbocycles. The molecule has 98 valence electrons. The van der Waals surface area contributed by atoms with E-state index in [-0.39, 0.29) is 11.1 Å².